The van der Waals surface area contributed by atoms with E-state index in [0.717, 1.165) is 70.6 Å². The van der Waals surface area contributed by atoms with Crippen molar-refractivity contribution in [3.8, 4) is 6.07 Å². The zero-order valence-corrected chi connectivity index (χ0v) is 20.0. The van der Waals surface area contributed by atoms with E-state index in [0.29, 0.717) is 11.8 Å². The number of hydrogen-bond acceptors (Lipinski definition) is 3. The smallest absolute Gasteiger partial charge is 0.309 e. The molecule has 0 spiro atoms. The topological polar surface area (TPSA) is 50.1 Å². The van der Waals surface area contributed by atoms with Crippen molar-refractivity contribution in [2.45, 2.75) is 96.0 Å². The molecule has 1 aromatic rings. The summed E-state index contributed by atoms with van der Waals surface area (Å²) in [4.78, 5) is 12.7. The Kier molecular flexibility index (Phi) is 10.2. The van der Waals surface area contributed by atoms with Crippen molar-refractivity contribution < 1.29 is 13.9 Å². The van der Waals surface area contributed by atoms with Gasteiger partial charge < -0.3 is 4.74 Å². The number of esters is 1. The molecule has 0 radical (unpaired) electrons. The highest BCUT2D eigenvalue weighted by Gasteiger charge is 2.31. The predicted molar refractivity (Wildman–Crippen MR) is 130 cm³/mol. The molecule has 2 aliphatic rings. The number of carbonyl (C=O) groups excluding carboxylic acids is 1. The van der Waals surface area contributed by atoms with Crippen LogP contribution < -0.4 is 0 Å². The van der Waals surface area contributed by atoms with Gasteiger partial charge in [0.25, 0.3) is 0 Å². The fourth-order valence-corrected chi connectivity index (χ4v) is 5.32. The van der Waals surface area contributed by atoms with E-state index in [4.69, 9.17) is 10.00 Å². The Labute approximate surface area is 198 Å². The molecule has 0 saturated heterocycles. The van der Waals surface area contributed by atoms with Crippen LogP contribution in [-0.2, 0) is 16.0 Å². The molecule has 2 saturated carbocycles. The lowest BCUT2D eigenvalue weighted by molar-refractivity contribution is -0.157. The number of rotatable bonds is 9. The maximum absolute atomic E-state index is 12.7. The molecule has 3 nitrogen and oxygen atoms in total. The maximum atomic E-state index is 12.7. The fourth-order valence-electron chi connectivity index (χ4n) is 5.32. The van der Waals surface area contributed by atoms with E-state index in [1.54, 1.807) is 6.08 Å². The molecule has 2 fully saturated rings. The summed E-state index contributed by atoms with van der Waals surface area (Å²) < 4.78 is 18.6. The predicted octanol–water partition coefficient (Wildman–Crippen LogP) is 7.73. The van der Waals surface area contributed by atoms with Crippen molar-refractivity contribution in [1.29, 1.82) is 5.26 Å². The van der Waals surface area contributed by atoms with Crippen LogP contribution in [0.5, 0.6) is 0 Å². The molecule has 1 aromatic carbocycles. The lowest BCUT2D eigenvalue weighted by Crippen LogP contribution is -2.29. The van der Waals surface area contributed by atoms with Crippen molar-refractivity contribution in [3.05, 3.63) is 59.4 Å². The van der Waals surface area contributed by atoms with Crippen LogP contribution in [0.25, 0.3) is 0 Å². The third-order valence-corrected chi connectivity index (χ3v) is 7.35. The Morgan fingerprint density at radius 3 is 2.42 bits per heavy atom. The lowest BCUT2D eigenvalue weighted by Gasteiger charge is -2.31. The highest BCUT2D eigenvalue weighted by Crippen LogP contribution is 2.37. The number of ether oxygens (including phenoxy) is 1. The second kappa shape index (κ2) is 13.3. The van der Waals surface area contributed by atoms with Crippen LogP contribution in [0.1, 0.15) is 94.6 Å². The van der Waals surface area contributed by atoms with Crippen LogP contribution in [0.4, 0.5) is 4.39 Å². The Bertz CT molecular complexity index is 835. The standard InChI is InChI=1S/C29H38FNO2/c1-2-6-22-9-13-24(14-10-22)25-15-17-26(18-16-25)29(32)33-28-19-11-23(12-20-28)7-4-3-5-8-27(30)21-31/h3,5,8-10,13-14,23,25-26,28H,2,4,6-7,11-12,15-20H2,1H3. The summed E-state index contributed by atoms with van der Waals surface area (Å²) in [6.07, 6.45) is 17.1. The van der Waals surface area contributed by atoms with Crippen molar-refractivity contribution in [2.75, 3.05) is 0 Å². The molecular formula is C29H38FNO2. The lowest BCUT2D eigenvalue weighted by atomic mass is 9.78. The van der Waals surface area contributed by atoms with Gasteiger partial charge in [0.2, 0.25) is 0 Å². The molecule has 4 heteroatoms. The minimum atomic E-state index is -0.761. The summed E-state index contributed by atoms with van der Waals surface area (Å²) in [6, 6.07) is 10.6. The minimum absolute atomic E-state index is 0.0180. The summed E-state index contributed by atoms with van der Waals surface area (Å²) >= 11 is 0. The monoisotopic (exact) mass is 451 g/mol. The first kappa shape index (κ1) is 25.2. The van der Waals surface area contributed by atoms with Crippen molar-refractivity contribution >= 4 is 5.97 Å². The molecule has 0 aliphatic heterocycles. The second-order valence-electron chi connectivity index (χ2n) is 9.75. The maximum Gasteiger partial charge on any atom is 0.309 e. The molecule has 178 valence electrons. The Morgan fingerprint density at radius 1 is 1.09 bits per heavy atom. The van der Waals surface area contributed by atoms with Crippen molar-refractivity contribution in [1.82, 2.24) is 0 Å². The van der Waals surface area contributed by atoms with Crippen LogP contribution in [0.3, 0.4) is 0 Å². The van der Waals surface area contributed by atoms with Gasteiger partial charge in [0.05, 0.1) is 5.92 Å². The molecular weight excluding hydrogens is 413 g/mol. The van der Waals surface area contributed by atoms with Gasteiger partial charge in [-0.1, -0.05) is 49.8 Å². The van der Waals surface area contributed by atoms with Gasteiger partial charge >= 0.3 is 5.97 Å². The first-order chi connectivity index (χ1) is 16.1. The first-order valence-electron chi connectivity index (χ1n) is 12.8. The molecule has 33 heavy (non-hydrogen) atoms. The largest absolute Gasteiger partial charge is 0.462 e. The molecule has 2 aliphatic carbocycles. The number of hydrogen-bond donors (Lipinski definition) is 0. The second-order valence-corrected chi connectivity index (χ2v) is 9.75. The Hall–Kier alpha value is -2.41. The molecule has 0 N–H and O–H groups in total. The van der Waals surface area contributed by atoms with E-state index < -0.39 is 5.83 Å². The van der Waals surface area contributed by atoms with Crippen molar-refractivity contribution in [3.63, 3.8) is 0 Å². The molecule has 0 bridgehead atoms. The van der Waals surface area contributed by atoms with Crippen molar-refractivity contribution in [2.24, 2.45) is 11.8 Å². The van der Waals surface area contributed by atoms with E-state index in [9.17, 15) is 9.18 Å². The molecule has 0 atom stereocenters. The van der Waals surface area contributed by atoms with E-state index >= 15 is 0 Å². The molecule has 3 rings (SSSR count). The molecule has 0 amide bonds. The normalized spacial score (nSPS) is 26.2. The fraction of sp³-hybridized carbons (Fsp3) is 0.586. The van der Waals surface area contributed by atoms with Crippen LogP contribution in [0.2, 0.25) is 0 Å². The van der Waals surface area contributed by atoms with Gasteiger partial charge in [0, 0.05) is 0 Å². The minimum Gasteiger partial charge on any atom is -0.462 e. The summed E-state index contributed by atoms with van der Waals surface area (Å²) in [5.74, 6) is 0.521. The van der Waals surface area contributed by atoms with Gasteiger partial charge in [-0.2, -0.15) is 9.65 Å². The summed E-state index contributed by atoms with van der Waals surface area (Å²) in [5, 5.41) is 8.38. The third kappa shape index (κ3) is 8.14. The highest BCUT2D eigenvalue weighted by molar-refractivity contribution is 5.72. The van der Waals surface area contributed by atoms with Crippen LogP contribution >= 0.6 is 0 Å². The van der Waals surface area contributed by atoms with Crippen LogP contribution in [0.15, 0.2) is 48.3 Å². The average Bonchev–Trinajstić information content (AvgIpc) is 2.85. The van der Waals surface area contributed by atoms with Crippen LogP contribution in [0, 0.1) is 23.2 Å². The zero-order chi connectivity index (χ0) is 23.5. The Morgan fingerprint density at radius 2 is 1.79 bits per heavy atom. The average molecular weight is 452 g/mol. The number of nitrogens with zero attached hydrogens (tertiary/aromatic N) is 1. The summed E-state index contributed by atoms with van der Waals surface area (Å²) in [7, 11) is 0. The van der Waals surface area contributed by atoms with Crippen LogP contribution in [-0.4, -0.2) is 12.1 Å². The van der Waals surface area contributed by atoms with E-state index in [-0.39, 0.29) is 18.0 Å². The summed E-state index contributed by atoms with van der Waals surface area (Å²) in [5.41, 5.74) is 2.83. The SMILES string of the molecule is CCCc1ccc(C2CCC(C(=O)OC3CCC(CCC=CC=C(F)C#N)CC3)CC2)cc1. The number of halogens is 1. The van der Waals surface area contributed by atoms with E-state index in [2.05, 4.69) is 31.2 Å². The molecule has 0 aromatic heterocycles. The Balaban J connectivity index is 1.33. The first-order valence-corrected chi connectivity index (χ1v) is 12.8. The zero-order valence-electron chi connectivity index (χ0n) is 20.0. The quantitative estimate of drug-likeness (QED) is 0.219. The van der Waals surface area contributed by atoms with Gasteiger partial charge in [-0.25, -0.2) is 0 Å². The number of aryl methyl sites for hydroxylation is 1. The molecule has 0 unspecified atom stereocenters. The third-order valence-electron chi connectivity index (χ3n) is 7.35. The van der Waals surface area contributed by atoms with Gasteiger partial charge in [-0.15, -0.1) is 0 Å². The van der Waals surface area contributed by atoms with Gasteiger partial charge in [0.15, 0.2) is 5.83 Å². The highest BCUT2D eigenvalue weighted by atomic mass is 19.1. The van der Waals surface area contributed by atoms with E-state index in [1.807, 2.05) is 6.08 Å². The number of nitriles is 1. The van der Waals surface area contributed by atoms with Gasteiger partial charge in [0.1, 0.15) is 12.2 Å². The van der Waals surface area contributed by atoms with E-state index in [1.165, 1.54) is 29.7 Å². The number of carbonyl (C=O) groups is 1. The number of benzene rings is 1. The van der Waals surface area contributed by atoms with Gasteiger partial charge in [-0.05, 0) is 99.7 Å². The number of allylic oxidation sites excluding steroid dienone is 4. The molecule has 0 heterocycles. The summed E-state index contributed by atoms with van der Waals surface area (Å²) in [6.45, 7) is 2.21. The van der Waals surface area contributed by atoms with Gasteiger partial charge in [-0.3, -0.25) is 4.79 Å².